The Morgan fingerprint density at radius 1 is 0.431 bits per heavy atom. The van der Waals surface area contributed by atoms with E-state index in [9.17, 15) is 104 Å². The first kappa shape index (κ1) is 86.7. The van der Waals surface area contributed by atoms with Crippen molar-refractivity contribution < 1.29 is 93.4 Å². The SMILES string of the molecule is CC(C)c1cc(C#N)c(F)c(C(C)C)c1N=C=O.CNS(=O)(=O)c1ccc(S(=O)(=O)NC(=O)Nc2c(C(C)C)cc(C#N)c(F)c2C(C)C)c(O)c1.CNS(=O)(=O)c1ccc(S(=O)(=O)NC(=O)Nc2c(C(C)C)cc(C#N)c(F)c2C(C)C)c(O)c1.CNS(=O)(=O)c1ccc(S(N)(=O)=O)c(O)c1. The summed E-state index contributed by atoms with van der Waals surface area (Å²) in [6, 6.07) is 14.7. The van der Waals surface area contributed by atoms with Crippen LogP contribution >= 0.6 is 0 Å². The minimum atomic E-state index is -4.64. The molecule has 0 heterocycles. The Labute approximate surface area is 590 Å². The van der Waals surface area contributed by atoms with E-state index in [1.807, 2.05) is 34.1 Å². The number of sulfonamides is 6. The second-order valence-electron chi connectivity index (χ2n) is 23.5. The van der Waals surface area contributed by atoms with Gasteiger partial charge in [0.1, 0.15) is 67.6 Å². The van der Waals surface area contributed by atoms with E-state index in [0.717, 1.165) is 68.7 Å². The molecule has 0 aliphatic rings. The molecule has 0 bridgehead atoms. The van der Waals surface area contributed by atoms with Crippen LogP contribution in [0.1, 0.15) is 169 Å². The fourth-order valence-corrected chi connectivity index (χ4v) is 14.3. The number of hydrogen-bond acceptors (Lipinski definition) is 22. The number of carbonyl (C=O) groups excluding carboxylic acids is 3. The molecular formula is C63H75F3N12O18S6. The van der Waals surface area contributed by atoms with E-state index in [4.69, 9.17) is 10.4 Å². The van der Waals surface area contributed by atoms with Crippen molar-refractivity contribution in [2.24, 2.45) is 10.1 Å². The molecule has 6 aromatic carbocycles. The fraction of sp³-hybridized carbons (Fsp3) is 0.333. The van der Waals surface area contributed by atoms with Crippen molar-refractivity contribution in [1.82, 2.24) is 23.6 Å². The standard InChI is InChI=1S/2C21H25FN4O6S2.C14H15FN2O.C7H10N2O5S2/c2*1-11(2)15-8-13(10-23)19(22)18(12(3)4)20(15)25-21(28)26-34(31,32)17-7-6-14(9-16(17)27)33(29,30)24-5;1-8(2)11-5-10(6-16)13(15)12(9(3)4)14(11)17-7-18;1-9-16(13,14)5-2-3-7(6(10)4-5)15(8,11)12/h2*6-9,11-12,24,27H,1-5H3,(H2,25,26,28);5,8-9H,1-4H3;2-4,9-10H,1H3,(H2,8,11,12). The lowest BCUT2D eigenvalue weighted by Crippen LogP contribution is -2.35. The molecule has 0 aliphatic carbocycles. The first-order valence-electron chi connectivity index (χ1n) is 29.8. The van der Waals surface area contributed by atoms with E-state index in [0.29, 0.717) is 27.9 Å². The molecule has 0 saturated heterocycles. The number of nitrogens with one attached hydrogen (secondary N) is 7. The molecule has 30 nitrogen and oxygen atoms in total. The molecule has 6 aromatic rings. The second-order valence-corrected chi connectivity index (χ2v) is 34.0. The first-order chi connectivity index (χ1) is 46.9. The van der Waals surface area contributed by atoms with Crippen molar-refractivity contribution >= 4 is 95.3 Å². The number of anilines is 2. The van der Waals surface area contributed by atoms with Gasteiger partial charge in [0, 0.05) is 34.9 Å². The molecule has 4 amide bonds. The molecule has 0 unspecified atom stereocenters. The number of phenolic OH excluding ortho intramolecular Hbond substituents is 3. The highest BCUT2D eigenvalue weighted by Gasteiger charge is 2.31. The number of benzene rings is 6. The Kier molecular flexibility index (Phi) is 29.6. The van der Waals surface area contributed by atoms with Gasteiger partial charge in [-0.1, -0.05) is 83.1 Å². The van der Waals surface area contributed by atoms with E-state index >= 15 is 0 Å². The molecule has 12 N–H and O–H groups in total. The minimum absolute atomic E-state index is 0.00718. The van der Waals surface area contributed by atoms with E-state index in [-0.39, 0.29) is 77.6 Å². The Morgan fingerprint density at radius 2 is 0.706 bits per heavy atom. The zero-order valence-electron chi connectivity index (χ0n) is 57.3. The maximum atomic E-state index is 14.9. The quantitative estimate of drug-likeness (QED) is 0.0251. The summed E-state index contributed by atoms with van der Waals surface area (Å²) >= 11 is 0. The van der Waals surface area contributed by atoms with Crippen molar-refractivity contribution in [1.29, 1.82) is 15.8 Å². The number of halogens is 3. The van der Waals surface area contributed by atoms with E-state index < -0.39 is 133 Å². The third kappa shape index (κ3) is 21.0. The van der Waals surface area contributed by atoms with Gasteiger partial charge in [-0.15, -0.1) is 0 Å². The smallest absolute Gasteiger partial charge is 0.333 e. The van der Waals surface area contributed by atoms with Crippen LogP contribution in [-0.4, -0.2) is 105 Å². The normalized spacial score (nSPS) is 11.8. The number of aromatic hydroxyl groups is 3. The highest BCUT2D eigenvalue weighted by molar-refractivity contribution is 7.91. The summed E-state index contributed by atoms with van der Waals surface area (Å²) in [7, 11) is -21.5. The Hall–Kier alpha value is -9.56. The van der Waals surface area contributed by atoms with Gasteiger partial charge >= 0.3 is 12.1 Å². The minimum Gasteiger partial charge on any atom is -0.506 e. The largest absolute Gasteiger partial charge is 0.506 e. The predicted molar refractivity (Wildman–Crippen MR) is 369 cm³/mol. The number of nitrogens with zero attached hydrogens (tertiary/aromatic N) is 4. The van der Waals surface area contributed by atoms with Crippen LogP contribution in [0.3, 0.4) is 0 Å². The van der Waals surface area contributed by atoms with Crippen molar-refractivity contribution in [3.63, 3.8) is 0 Å². The molecule has 0 fully saturated rings. The third-order valence-corrected chi connectivity index (χ3v) is 22.4. The number of isocyanates is 1. The maximum Gasteiger partial charge on any atom is 0.333 e. The highest BCUT2D eigenvalue weighted by atomic mass is 32.2. The average Bonchev–Trinajstić information content (AvgIpc) is 0.796. The fourth-order valence-electron chi connectivity index (χ4n) is 9.42. The lowest BCUT2D eigenvalue weighted by atomic mass is 9.90. The lowest BCUT2D eigenvalue weighted by Gasteiger charge is -2.22. The number of amides is 4. The maximum absolute atomic E-state index is 14.9. The van der Waals surface area contributed by atoms with Crippen LogP contribution in [0.25, 0.3) is 0 Å². The number of primary sulfonamides is 1. The predicted octanol–water partition coefficient (Wildman–Crippen LogP) is 9.00. The summed E-state index contributed by atoms with van der Waals surface area (Å²) in [6.45, 7) is 21.1. The van der Waals surface area contributed by atoms with Gasteiger partial charge in [-0.3, -0.25) is 0 Å². The van der Waals surface area contributed by atoms with Crippen LogP contribution in [0.5, 0.6) is 17.2 Å². The van der Waals surface area contributed by atoms with Gasteiger partial charge in [0.15, 0.2) is 0 Å². The van der Waals surface area contributed by atoms with Gasteiger partial charge in [0.2, 0.25) is 46.2 Å². The van der Waals surface area contributed by atoms with E-state index in [2.05, 4.69) is 15.6 Å². The van der Waals surface area contributed by atoms with Crippen molar-refractivity contribution in [3.05, 3.63) is 140 Å². The molecule has 0 radical (unpaired) electrons. The van der Waals surface area contributed by atoms with Gasteiger partial charge < -0.3 is 26.0 Å². The summed E-state index contributed by atoms with van der Waals surface area (Å²) in [5.41, 5.74) is 1.92. The Balaban J connectivity index is 0.000000372. The van der Waals surface area contributed by atoms with Gasteiger partial charge in [-0.25, -0.2) is 107 Å². The van der Waals surface area contributed by atoms with Gasteiger partial charge in [-0.05, 0) is 128 Å². The monoisotopic (exact) mass is 1540 g/mol. The molecule has 102 heavy (non-hydrogen) atoms. The van der Waals surface area contributed by atoms with Gasteiger partial charge in [-0.2, -0.15) is 20.8 Å². The number of rotatable bonds is 20. The molecule has 0 spiro atoms. The topological polar surface area (TPSA) is 511 Å². The first-order valence-corrected chi connectivity index (χ1v) is 38.8. The number of nitrogens with two attached hydrogens (primary N) is 1. The number of nitriles is 3. The highest BCUT2D eigenvalue weighted by Crippen LogP contribution is 2.41. The van der Waals surface area contributed by atoms with Crippen molar-refractivity contribution in [2.45, 2.75) is 148 Å². The molecular weight excluding hydrogens is 1460 g/mol. The summed E-state index contributed by atoms with van der Waals surface area (Å²) in [5, 5.41) is 66.5. The van der Waals surface area contributed by atoms with Crippen LogP contribution in [0.4, 0.5) is 39.8 Å². The van der Waals surface area contributed by atoms with Crippen LogP contribution in [0.15, 0.2) is 107 Å². The molecule has 39 heteroatoms. The lowest BCUT2D eigenvalue weighted by molar-refractivity contribution is 0.255. The third-order valence-electron chi connectivity index (χ3n) is 14.4. The van der Waals surface area contributed by atoms with Crippen LogP contribution in [-0.2, 0) is 64.9 Å². The summed E-state index contributed by atoms with van der Waals surface area (Å²) in [6.07, 6.45) is 1.46. The molecule has 0 aliphatic heterocycles. The number of hydrogen-bond donors (Lipinski definition) is 11. The molecule has 0 saturated carbocycles. The Bertz CT molecular complexity index is 4940. The van der Waals surface area contributed by atoms with Crippen molar-refractivity contribution in [3.8, 4) is 35.5 Å². The second kappa shape index (κ2) is 34.9. The van der Waals surface area contributed by atoms with Crippen LogP contribution in [0.2, 0.25) is 0 Å². The van der Waals surface area contributed by atoms with Crippen LogP contribution in [0, 0.1) is 51.4 Å². The van der Waals surface area contributed by atoms with Gasteiger partial charge in [0.25, 0.3) is 20.0 Å². The average molecular weight is 1540 g/mol. The molecule has 0 aromatic heterocycles. The van der Waals surface area contributed by atoms with E-state index in [1.165, 1.54) is 31.3 Å². The Morgan fingerprint density at radius 3 is 0.941 bits per heavy atom. The van der Waals surface area contributed by atoms with Crippen LogP contribution < -0.4 is 39.4 Å². The summed E-state index contributed by atoms with van der Waals surface area (Å²) < 4.78 is 196. The summed E-state index contributed by atoms with van der Waals surface area (Å²) in [5.74, 6) is -6.26. The molecule has 6 rings (SSSR count). The zero-order valence-corrected chi connectivity index (χ0v) is 62.2. The number of phenols is 3. The number of carbonyl (C=O) groups is 2. The number of urea groups is 2. The number of aliphatic imine (C=N–C) groups is 1. The van der Waals surface area contributed by atoms with E-state index in [1.54, 1.807) is 90.8 Å². The zero-order chi connectivity index (χ0) is 78.4. The van der Waals surface area contributed by atoms with Gasteiger partial charge in [0.05, 0.1) is 48.4 Å². The molecule has 552 valence electrons. The molecule has 0 atom stereocenters. The summed E-state index contributed by atoms with van der Waals surface area (Å²) in [4.78, 5) is 36.4. The van der Waals surface area contributed by atoms with Crippen molar-refractivity contribution in [2.75, 3.05) is 31.8 Å².